The molecule has 1 spiro atoms. The summed E-state index contributed by atoms with van der Waals surface area (Å²) < 4.78 is 0. The predicted molar refractivity (Wildman–Crippen MR) is 72.9 cm³/mol. The summed E-state index contributed by atoms with van der Waals surface area (Å²) in [4.78, 5) is 26.1. The van der Waals surface area contributed by atoms with Gasteiger partial charge in [-0.2, -0.15) is 11.8 Å². The molecule has 1 amide bonds. The van der Waals surface area contributed by atoms with Crippen molar-refractivity contribution in [2.75, 3.05) is 11.5 Å². The molecular formula is C14H15NO3S. The van der Waals surface area contributed by atoms with Crippen LogP contribution >= 0.6 is 11.8 Å². The van der Waals surface area contributed by atoms with Gasteiger partial charge in [0.25, 0.3) is 5.91 Å². The number of amides is 1. The number of aliphatic hydroxyl groups excluding tert-OH is 1. The highest BCUT2D eigenvalue weighted by atomic mass is 32.2. The van der Waals surface area contributed by atoms with Crippen molar-refractivity contribution in [2.24, 2.45) is 0 Å². The van der Waals surface area contributed by atoms with Crippen LogP contribution in [0.3, 0.4) is 0 Å². The summed E-state index contributed by atoms with van der Waals surface area (Å²) in [5, 5.41) is 10.1. The Kier molecular flexibility index (Phi) is 3.11. The number of likely N-dealkylation sites (tertiary alicyclic amines) is 1. The number of ketones is 1. The predicted octanol–water partition coefficient (Wildman–Crippen LogP) is 1.30. The van der Waals surface area contributed by atoms with Crippen LogP contribution in [0.2, 0.25) is 0 Å². The van der Waals surface area contributed by atoms with Gasteiger partial charge in [0.05, 0.1) is 5.75 Å². The summed E-state index contributed by atoms with van der Waals surface area (Å²) in [7, 11) is 0. The zero-order valence-corrected chi connectivity index (χ0v) is 11.2. The van der Waals surface area contributed by atoms with Crippen molar-refractivity contribution >= 4 is 23.5 Å². The van der Waals surface area contributed by atoms with Gasteiger partial charge >= 0.3 is 0 Å². The highest BCUT2D eigenvalue weighted by Gasteiger charge is 2.55. The lowest BCUT2D eigenvalue weighted by molar-refractivity contribution is -0.126. The SMILES string of the molecule is O=C(c1ccccc1)N1[C@H](O)CC[C@@]12CSCC2=O. The van der Waals surface area contributed by atoms with Gasteiger partial charge in [-0.15, -0.1) is 0 Å². The number of thioether (sulfide) groups is 1. The van der Waals surface area contributed by atoms with Gasteiger partial charge in [-0.1, -0.05) is 18.2 Å². The van der Waals surface area contributed by atoms with Crippen LogP contribution in [0.5, 0.6) is 0 Å². The molecule has 19 heavy (non-hydrogen) atoms. The fourth-order valence-electron chi connectivity index (χ4n) is 2.90. The fraction of sp³-hybridized carbons (Fsp3) is 0.429. The Morgan fingerprint density at radius 1 is 1.37 bits per heavy atom. The number of hydrogen-bond donors (Lipinski definition) is 1. The smallest absolute Gasteiger partial charge is 0.256 e. The topological polar surface area (TPSA) is 57.6 Å². The van der Waals surface area contributed by atoms with Crippen molar-refractivity contribution in [3.05, 3.63) is 35.9 Å². The Balaban J connectivity index is 1.97. The van der Waals surface area contributed by atoms with E-state index in [0.29, 0.717) is 29.9 Å². The number of nitrogens with zero attached hydrogens (tertiary/aromatic N) is 1. The monoisotopic (exact) mass is 277 g/mol. The second-order valence-electron chi connectivity index (χ2n) is 5.01. The summed E-state index contributed by atoms with van der Waals surface area (Å²) in [5.74, 6) is 0.854. The lowest BCUT2D eigenvalue weighted by atomic mass is 9.93. The van der Waals surface area contributed by atoms with Gasteiger partial charge in [0.1, 0.15) is 11.8 Å². The lowest BCUT2D eigenvalue weighted by Gasteiger charge is -2.34. The molecule has 1 aromatic rings. The summed E-state index contributed by atoms with van der Waals surface area (Å²) in [6.07, 6.45) is 0.194. The first-order valence-corrected chi connectivity index (χ1v) is 7.48. The molecule has 0 radical (unpaired) electrons. The fourth-order valence-corrected chi connectivity index (χ4v) is 4.23. The van der Waals surface area contributed by atoms with Crippen LogP contribution in [0.25, 0.3) is 0 Å². The molecule has 2 saturated heterocycles. The number of rotatable bonds is 1. The highest BCUT2D eigenvalue weighted by molar-refractivity contribution is 8.00. The van der Waals surface area contributed by atoms with E-state index in [0.717, 1.165) is 0 Å². The van der Waals surface area contributed by atoms with Crippen LogP contribution in [0.1, 0.15) is 23.2 Å². The molecule has 0 aliphatic carbocycles. The molecule has 1 N–H and O–H groups in total. The van der Waals surface area contributed by atoms with Crippen molar-refractivity contribution in [3.63, 3.8) is 0 Å². The summed E-state index contributed by atoms with van der Waals surface area (Å²) in [6, 6.07) is 8.84. The number of Topliss-reactive ketones (excluding diaryl/α,β-unsaturated/α-hetero) is 1. The van der Waals surface area contributed by atoms with E-state index in [-0.39, 0.29) is 11.7 Å². The molecule has 2 aliphatic heterocycles. The van der Waals surface area contributed by atoms with E-state index in [1.165, 1.54) is 4.90 Å². The van der Waals surface area contributed by atoms with E-state index in [1.54, 1.807) is 36.0 Å². The minimum Gasteiger partial charge on any atom is -0.373 e. The molecule has 4 nitrogen and oxygen atoms in total. The summed E-state index contributed by atoms with van der Waals surface area (Å²) >= 11 is 1.54. The molecule has 1 aromatic carbocycles. The van der Waals surface area contributed by atoms with Crippen LogP contribution < -0.4 is 0 Å². The van der Waals surface area contributed by atoms with Crippen molar-refractivity contribution in [2.45, 2.75) is 24.6 Å². The van der Waals surface area contributed by atoms with Gasteiger partial charge in [-0.25, -0.2) is 0 Å². The minimum absolute atomic E-state index is 0.0679. The molecule has 0 saturated carbocycles. The minimum atomic E-state index is -0.852. The first-order chi connectivity index (χ1) is 9.15. The second-order valence-corrected chi connectivity index (χ2v) is 5.99. The number of hydrogen-bond acceptors (Lipinski definition) is 4. The maximum atomic E-state index is 12.6. The third-order valence-corrected chi connectivity index (χ3v) is 5.06. The molecule has 2 heterocycles. The third-order valence-electron chi connectivity index (χ3n) is 3.91. The summed E-state index contributed by atoms with van der Waals surface area (Å²) in [5.41, 5.74) is -0.260. The molecule has 2 aliphatic rings. The van der Waals surface area contributed by atoms with Crippen LogP contribution in [0.4, 0.5) is 0 Å². The Bertz CT molecular complexity index is 519. The maximum Gasteiger partial charge on any atom is 0.256 e. The molecular weight excluding hydrogens is 262 g/mol. The molecule has 100 valence electrons. The number of benzene rings is 1. The highest BCUT2D eigenvalue weighted by Crippen LogP contribution is 2.42. The van der Waals surface area contributed by atoms with E-state index in [2.05, 4.69) is 0 Å². The van der Waals surface area contributed by atoms with Crippen LogP contribution in [0.15, 0.2) is 30.3 Å². The average Bonchev–Trinajstić information content (AvgIpc) is 2.96. The van der Waals surface area contributed by atoms with Crippen LogP contribution in [-0.2, 0) is 4.79 Å². The van der Waals surface area contributed by atoms with Gasteiger partial charge in [-0.3, -0.25) is 14.5 Å². The van der Waals surface area contributed by atoms with E-state index in [9.17, 15) is 14.7 Å². The van der Waals surface area contributed by atoms with Crippen molar-refractivity contribution < 1.29 is 14.7 Å². The first-order valence-electron chi connectivity index (χ1n) is 6.33. The largest absolute Gasteiger partial charge is 0.373 e. The Labute approximate surface area is 115 Å². The third kappa shape index (κ3) is 1.88. The number of carbonyl (C=O) groups excluding carboxylic acids is 2. The molecule has 0 unspecified atom stereocenters. The molecule has 5 heteroatoms. The zero-order valence-electron chi connectivity index (χ0n) is 10.4. The van der Waals surface area contributed by atoms with E-state index < -0.39 is 11.8 Å². The molecule has 3 rings (SSSR count). The molecule has 0 bridgehead atoms. The van der Waals surface area contributed by atoms with E-state index in [4.69, 9.17) is 0 Å². The quantitative estimate of drug-likeness (QED) is 0.840. The zero-order chi connectivity index (χ0) is 13.5. The van der Waals surface area contributed by atoms with Gasteiger partial charge < -0.3 is 5.11 Å². The van der Waals surface area contributed by atoms with Crippen LogP contribution in [-0.4, -0.2) is 45.0 Å². The van der Waals surface area contributed by atoms with E-state index >= 15 is 0 Å². The Morgan fingerprint density at radius 2 is 2.11 bits per heavy atom. The Morgan fingerprint density at radius 3 is 2.74 bits per heavy atom. The van der Waals surface area contributed by atoms with Crippen molar-refractivity contribution in [1.29, 1.82) is 0 Å². The second kappa shape index (κ2) is 4.65. The number of aliphatic hydroxyl groups is 1. The standard InChI is InChI=1S/C14H15NO3S/c16-11-8-19-9-14(11)7-6-12(17)15(14)13(18)10-4-2-1-3-5-10/h1-5,12,17H,6-9H2/t12-,14+/m1/s1. The van der Waals surface area contributed by atoms with Gasteiger partial charge in [0.15, 0.2) is 5.78 Å². The lowest BCUT2D eigenvalue weighted by Crippen LogP contribution is -2.55. The van der Waals surface area contributed by atoms with Crippen LogP contribution in [0, 0.1) is 0 Å². The van der Waals surface area contributed by atoms with Crippen molar-refractivity contribution in [3.8, 4) is 0 Å². The summed E-state index contributed by atoms with van der Waals surface area (Å²) in [6.45, 7) is 0. The van der Waals surface area contributed by atoms with Gasteiger partial charge in [0.2, 0.25) is 0 Å². The van der Waals surface area contributed by atoms with Crippen molar-refractivity contribution in [1.82, 2.24) is 4.90 Å². The van der Waals surface area contributed by atoms with E-state index in [1.807, 2.05) is 6.07 Å². The first kappa shape index (κ1) is 12.7. The maximum absolute atomic E-state index is 12.6. The number of carbonyl (C=O) groups is 2. The average molecular weight is 277 g/mol. The normalized spacial score (nSPS) is 30.3. The van der Waals surface area contributed by atoms with Gasteiger partial charge in [0, 0.05) is 11.3 Å². The molecule has 0 aromatic heterocycles. The molecule has 2 atom stereocenters. The Hall–Kier alpha value is -1.33. The molecule has 2 fully saturated rings. The van der Waals surface area contributed by atoms with Gasteiger partial charge in [-0.05, 0) is 25.0 Å².